The summed E-state index contributed by atoms with van der Waals surface area (Å²) in [6.07, 6.45) is 2.18. The van der Waals surface area contributed by atoms with E-state index in [0.29, 0.717) is 0 Å². The first kappa shape index (κ1) is 20.4. The van der Waals surface area contributed by atoms with Gasteiger partial charge in [0.15, 0.2) is 0 Å². The molecule has 2 aromatic carbocycles. The van der Waals surface area contributed by atoms with Crippen molar-refractivity contribution in [3.05, 3.63) is 52.1 Å². The Morgan fingerprint density at radius 1 is 0.893 bits per heavy atom. The number of anilines is 1. The number of rotatable bonds is 6. The van der Waals surface area contributed by atoms with Crippen LogP contribution in [-0.4, -0.2) is 52.4 Å². The zero-order valence-corrected chi connectivity index (χ0v) is 18.5. The highest BCUT2D eigenvalue weighted by Crippen LogP contribution is 2.31. The SMILES string of the molecule is COc1ccc(C=C(C)N2CCN(c3ccc(Br)c(OC)c3)CC2)c(OC)c1. The number of allylic oxidation sites excluding steroid dienone is 1. The predicted molar refractivity (Wildman–Crippen MR) is 118 cm³/mol. The van der Waals surface area contributed by atoms with E-state index in [1.54, 1.807) is 21.3 Å². The number of hydrogen-bond donors (Lipinski definition) is 0. The van der Waals surface area contributed by atoms with Gasteiger partial charge in [-0.2, -0.15) is 0 Å². The van der Waals surface area contributed by atoms with Crippen LogP contribution in [-0.2, 0) is 0 Å². The van der Waals surface area contributed by atoms with E-state index < -0.39 is 0 Å². The number of halogens is 1. The minimum absolute atomic E-state index is 0.796. The van der Waals surface area contributed by atoms with Crippen LogP contribution < -0.4 is 19.1 Å². The van der Waals surface area contributed by atoms with Crippen LogP contribution >= 0.6 is 15.9 Å². The third-order valence-corrected chi connectivity index (χ3v) is 5.74. The molecule has 0 N–H and O–H groups in total. The average Bonchev–Trinajstić information content (AvgIpc) is 2.74. The van der Waals surface area contributed by atoms with Crippen LogP contribution in [0.25, 0.3) is 6.08 Å². The highest BCUT2D eigenvalue weighted by atomic mass is 79.9. The van der Waals surface area contributed by atoms with Gasteiger partial charge in [0.25, 0.3) is 0 Å². The molecule has 28 heavy (non-hydrogen) atoms. The smallest absolute Gasteiger partial charge is 0.135 e. The first-order valence-electron chi connectivity index (χ1n) is 9.29. The first-order chi connectivity index (χ1) is 13.5. The highest BCUT2D eigenvalue weighted by molar-refractivity contribution is 9.10. The minimum Gasteiger partial charge on any atom is -0.497 e. The Labute approximate surface area is 175 Å². The van der Waals surface area contributed by atoms with Crippen LogP contribution in [0.2, 0.25) is 0 Å². The van der Waals surface area contributed by atoms with Crippen molar-refractivity contribution in [2.45, 2.75) is 6.92 Å². The molecule has 0 bridgehead atoms. The molecule has 0 amide bonds. The molecule has 1 heterocycles. The molecule has 0 unspecified atom stereocenters. The normalized spacial score (nSPS) is 14.8. The fraction of sp³-hybridized carbons (Fsp3) is 0.364. The molecule has 0 spiro atoms. The Morgan fingerprint density at radius 2 is 1.61 bits per heavy atom. The van der Waals surface area contributed by atoms with Crippen molar-refractivity contribution in [3.8, 4) is 17.2 Å². The third kappa shape index (κ3) is 4.55. The summed E-state index contributed by atoms with van der Waals surface area (Å²) in [5, 5.41) is 0. The van der Waals surface area contributed by atoms with E-state index in [1.165, 1.54) is 11.4 Å². The van der Waals surface area contributed by atoms with E-state index in [-0.39, 0.29) is 0 Å². The molecule has 0 aliphatic carbocycles. The van der Waals surface area contributed by atoms with Gasteiger partial charge in [-0.25, -0.2) is 0 Å². The molecule has 1 aliphatic heterocycles. The van der Waals surface area contributed by atoms with Gasteiger partial charge in [-0.15, -0.1) is 0 Å². The second-order valence-electron chi connectivity index (χ2n) is 6.69. The van der Waals surface area contributed by atoms with Crippen molar-refractivity contribution >= 4 is 27.7 Å². The fourth-order valence-electron chi connectivity index (χ4n) is 3.42. The summed E-state index contributed by atoms with van der Waals surface area (Å²) in [4.78, 5) is 4.81. The summed E-state index contributed by atoms with van der Waals surface area (Å²) >= 11 is 3.52. The van der Waals surface area contributed by atoms with Gasteiger partial charge in [0.2, 0.25) is 0 Å². The molecule has 1 saturated heterocycles. The van der Waals surface area contributed by atoms with Gasteiger partial charge in [0.1, 0.15) is 17.2 Å². The Hall–Kier alpha value is -2.34. The number of nitrogens with zero attached hydrogens (tertiary/aromatic N) is 2. The average molecular weight is 447 g/mol. The summed E-state index contributed by atoms with van der Waals surface area (Å²) in [5.74, 6) is 2.48. The number of piperazine rings is 1. The molecule has 0 saturated carbocycles. The van der Waals surface area contributed by atoms with Crippen LogP contribution in [0.4, 0.5) is 5.69 Å². The number of ether oxygens (including phenoxy) is 3. The Kier molecular flexibility index (Phi) is 6.73. The third-order valence-electron chi connectivity index (χ3n) is 5.08. The van der Waals surface area contributed by atoms with Gasteiger partial charge in [-0.1, -0.05) is 0 Å². The van der Waals surface area contributed by atoms with Crippen molar-refractivity contribution in [1.82, 2.24) is 4.90 Å². The van der Waals surface area contributed by atoms with Gasteiger partial charge in [0, 0.05) is 55.3 Å². The maximum Gasteiger partial charge on any atom is 0.135 e. The quantitative estimate of drug-likeness (QED) is 0.644. The van der Waals surface area contributed by atoms with Crippen LogP contribution in [0.15, 0.2) is 46.6 Å². The molecule has 2 aromatic rings. The maximum atomic E-state index is 5.52. The van der Waals surface area contributed by atoms with Crippen molar-refractivity contribution in [2.24, 2.45) is 0 Å². The van der Waals surface area contributed by atoms with Crippen molar-refractivity contribution in [1.29, 1.82) is 0 Å². The fourth-order valence-corrected chi connectivity index (χ4v) is 3.83. The van der Waals surface area contributed by atoms with Crippen LogP contribution in [0.1, 0.15) is 12.5 Å². The van der Waals surface area contributed by atoms with E-state index in [0.717, 1.165) is 53.5 Å². The summed E-state index contributed by atoms with van der Waals surface area (Å²) in [6, 6.07) is 12.2. The van der Waals surface area contributed by atoms with Gasteiger partial charge in [-0.05, 0) is 53.2 Å². The Bertz CT molecular complexity index is 846. The molecule has 5 nitrogen and oxygen atoms in total. The second-order valence-corrected chi connectivity index (χ2v) is 7.54. The van der Waals surface area contributed by atoms with Crippen molar-refractivity contribution in [3.63, 3.8) is 0 Å². The van der Waals surface area contributed by atoms with Gasteiger partial charge >= 0.3 is 0 Å². The second kappa shape index (κ2) is 9.24. The first-order valence-corrected chi connectivity index (χ1v) is 10.1. The van der Waals surface area contributed by atoms with E-state index in [4.69, 9.17) is 14.2 Å². The molecule has 1 fully saturated rings. The van der Waals surface area contributed by atoms with E-state index >= 15 is 0 Å². The maximum absolute atomic E-state index is 5.52. The lowest BCUT2D eigenvalue weighted by molar-refractivity contribution is 0.324. The zero-order valence-electron chi connectivity index (χ0n) is 16.9. The van der Waals surface area contributed by atoms with Crippen molar-refractivity contribution in [2.75, 3.05) is 52.4 Å². The zero-order chi connectivity index (χ0) is 20.1. The topological polar surface area (TPSA) is 34.2 Å². The molecule has 6 heteroatoms. The minimum atomic E-state index is 0.796. The lowest BCUT2D eigenvalue weighted by atomic mass is 10.1. The van der Waals surface area contributed by atoms with Gasteiger partial charge < -0.3 is 24.0 Å². The highest BCUT2D eigenvalue weighted by Gasteiger charge is 2.18. The molecular formula is C22H27BrN2O3. The van der Waals surface area contributed by atoms with E-state index in [2.05, 4.69) is 50.9 Å². The lowest BCUT2D eigenvalue weighted by Crippen LogP contribution is -2.45. The Morgan fingerprint density at radius 3 is 2.25 bits per heavy atom. The van der Waals surface area contributed by atoms with Crippen LogP contribution in [0, 0.1) is 0 Å². The summed E-state index contributed by atoms with van der Waals surface area (Å²) in [5.41, 5.74) is 3.48. The van der Waals surface area contributed by atoms with E-state index in [1.807, 2.05) is 24.3 Å². The molecular weight excluding hydrogens is 420 g/mol. The number of benzene rings is 2. The van der Waals surface area contributed by atoms with Crippen LogP contribution in [0.5, 0.6) is 17.2 Å². The molecule has 0 radical (unpaired) electrons. The molecule has 150 valence electrons. The largest absolute Gasteiger partial charge is 0.497 e. The number of hydrogen-bond acceptors (Lipinski definition) is 5. The number of methoxy groups -OCH3 is 3. The van der Waals surface area contributed by atoms with Crippen molar-refractivity contribution < 1.29 is 14.2 Å². The standard InChI is InChI=1S/C22H27BrN2O3/c1-16(13-17-5-7-19(26-2)15-21(17)27-3)24-9-11-25(12-10-24)18-6-8-20(23)22(14-18)28-4/h5-8,13-15H,9-12H2,1-4H3. The van der Waals surface area contributed by atoms with E-state index in [9.17, 15) is 0 Å². The lowest BCUT2D eigenvalue weighted by Gasteiger charge is -2.38. The van der Waals surface area contributed by atoms with Gasteiger partial charge in [0.05, 0.1) is 25.8 Å². The monoisotopic (exact) mass is 446 g/mol. The molecule has 1 aliphatic rings. The molecule has 3 rings (SSSR count). The Balaban J connectivity index is 1.68. The summed E-state index contributed by atoms with van der Waals surface area (Å²) < 4.78 is 17.2. The van der Waals surface area contributed by atoms with Crippen LogP contribution in [0.3, 0.4) is 0 Å². The molecule has 0 atom stereocenters. The molecule has 0 aromatic heterocycles. The van der Waals surface area contributed by atoms with Gasteiger partial charge in [-0.3, -0.25) is 0 Å². The summed E-state index contributed by atoms with van der Waals surface area (Å²) in [6.45, 7) is 6.03. The predicted octanol–water partition coefficient (Wildman–Crippen LogP) is 4.66. The summed E-state index contributed by atoms with van der Waals surface area (Å²) in [7, 11) is 5.05.